The summed E-state index contributed by atoms with van der Waals surface area (Å²) in [6, 6.07) is 8.42. The number of hydrogen-bond donors (Lipinski definition) is 3. The number of aromatic nitrogens is 2. The van der Waals surface area contributed by atoms with Crippen LogP contribution in [0.2, 0.25) is 0 Å². The van der Waals surface area contributed by atoms with Crippen molar-refractivity contribution in [1.29, 1.82) is 0 Å². The van der Waals surface area contributed by atoms with Gasteiger partial charge in [0.2, 0.25) is 0 Å². The molecule has 20 heavy (non-hydrogen) atoms. The first-order valence-electron chi connectivity index (χ1n) is 5.91. The number of hydrogen-bond acceptors (Lipinski definition) is 4. The summed E-state index contributed by atoms with van der Waals surface area (Å²) in [6.45, 7) is 1.82. The number of nitrogens with one attached hydrogen (secondary N) is 1. The van der Waals surface area contributed by atoms with Gasteiger partial charge in [-0.05, 0) is 25.1 Å². The molecule has 0 unspecified atom stereocenters. The number of benzene rings is 1. The summed E-state index contributed by atoms with van der Waals surface area (Å²) >= 11 is 0. The lowest BCUT2D eigenvalue weighted by Gasteiger charge is -2.07. The predicted octanol–water partition coefficient (Wildman–Crippen LogP) is 1.08. The average Bonchev–Trinajstić information content (AvgIpc) is 2.77. The molecule has 1 amide bonds. The quantitative estimate of drug-likeness (QED) is 0.336. The van der Waals surface area contributed by atoms with Crippen molar-refractivity contribution < 1.29 is 10.0 Å². The van der Waals surface area contributed by atoms with Gasteiger partial charge in [-0.1, -0.05) is 17.3 Å². The van der Waals surface area contributed by atoms with Gasteiger partial charge in [-0.3, -0.25) is 9.48 Å². The molecule has 1 aromatic heterocycles. The Labute approximate surface area is 115 Å². The van der Waals surface area contributed by atoms with Gasteiger partial charge in [0.15, 0.2) is 5.84 Å². The number of nitrogens with zero attached hydrogens (tertiary/aromatic N) is 3. The van der Waals surface area contributed by atoms with Crippen molar-refractivity contribution >= 4 is 17.4 Å². The summed E-state index contributed by atoms with van der Waals surface area (Å²) in [5.41, 5.74) is 7.80. The molecule has 0 aliphatic heterocycles. The van der Waals surface area contributed by atoms with Crippen LogP contribution in [0.4, 0.5) is 5.69 Å². The second-order valence-electron chi connectivity index (χ2n) is 4.31. The highest BCUT2D eigenvalue weighted by Crippen LogP contribution is 2.12. The minimum absolute atomic E-state index is 0.0162. The monoisotopic (exact) mass is 273 g/mol. The third-order valence-corrected chi connectivity index (χ3v) is 2.76. The fourth-order valence-electron chi connectivity index (χ4n) is 1.83. The number of aryl methyl sites for hydroxylation is 2. The van der Waals surface area contributed by atoms with Crippen LogP contribution in [0.5, 0.6) is 0 Å². The van der Waals surface area contributed by atoms with Gasteiger partial charge < -0.3 is 16.3 Å². The normalized spacial score (nSPS) is 11.4. The van der Waals surface area contributed by atoms with Gasteiger partial charge in [-0.15, -0.1) is 0 Å². The maximum Gasteiger partial charge on any atom is 0.273 e. The van der Waals surface area contributed by atoms with E-state index < -0.39 is 0 Å². The lowest BCUT2D eigenvalue weighted by Crippen LogP contribution is -2.17. The molecule has 2 aromatic rings. The zero-order chi connectivity index (χ0) is 14.7. The van der Waals surface area contributed by atoms with Crippen molar-refractivity contribution in [3.8, 4) is 0 Å². The van der Waals surface area contributed by atoms with Gasteiger partial charge in [-0.25, -0.2) is 0 Å². The van der Waals surface area contributed by atoms with E-state index in [1.165, 1.54) is 4.68 Å². The molecule has 0 bridgehead atoms. The van der Waals surface area contributed by atoms with Gasteiger partial charge >= 0.3 is 0 Å². The molecular weight excluding hydrogens is 258 g/mol. The molecule has 1 heterocycles. The Morgan fingerprint density at radius 3 is 2.80 bits per heavy atom. The summed E-state index contributed by atoms with van der Waals surface area (Å²) in [6.07, 6.45) is 0. The number of nitrogens with two attached hydrogens (primary N) is 1. The van der Waals surface area contributed by atoms with Crippen molar-refractivity contribution in [2.45, 2.75) is 6.92 Å². The number of anilines is 1. The van der Waals surface area contributed by atoms with Crippen LogP contribution in [0.1, 0.15) is 21.7 Å². The van der Waals surface area contributed by atoms with E-state index in [1.807, 2.05) is 6.92 Å². The second-order valence-corrected chi connectivity index (χ2v) is 4.31. The van der Waals surface area contributed by atoms with Crippen molar-refractivity contribution in [2.24, 2.45) is 17.9 Å². The van der Waals surface area contributed by atoms with Crippen LogP contribution in [-0.4, -0.2) is 26.7 Å². The molecule has 0 aliphatic carbocycles. The highest BCUT2D eigenvalue weighted by Gasteiger charge is 2.12. The Morgan fingerprint density at radius 1 is 1.45 bits per heavy atom. The largest absolute Gasteiger partial charge is 0.409 e. The summed E-state index contributed by atoms with van der Waals surface area (Å²) in [7, 11) is 1.70. The van der Waals surface area contributed by atoms with E-state index in [-0.39, 0.29) is 11.7 Å². The highest BCUT2D eigenvalue weighted by atomic mass is 16.4. The van der Waals surface area contributed by atoms with E-state index in [1.54, 1.807) is 37.4 Å². The van der Waals surface area contributed by atoms with E-state index >= 15 is 0 Å². The number of oxime groups is 1. The molecule has 4 N–H and O–H groups in total. The molecule has 0 aliphatic rings. The van der Waals surface area contributed by atoms with Crippen molar-refractivity contribution in [3.05, 3.63) is 47.3 Å². The van der Waals surface area contributed by atoms with E-state index in [0.29, 0.717) is 16.9 Å². The minimum Gasteiger partial charge on any atom is -0.409 e. The predicted molar refractivity (Wildman–Crippen MR) is 74.9 cm³/mol. The van der Waals surface area contributed by atoms with Crippen LogP contribution in [0.3, 0.4) is 0 Å². The summed E-state index contributed by atoms with van der Waals surface area (Å²) in [4.78, 5) is 12.1. The van der Waals surface area contributed by atoms with Gasteiger partial charge in [0.25, 0.3) is 5.91 Å². The smallest absolute Gasteiger partial charge is 0.273 e. The van der Waals surface area contributed by atoms with Crippen LogP contribution in [0, 0.1) is 6.92 Å². The van der Waals surface area contributed by atoms with E-state index in [9.17, 15) is 4.79 Å². The van der Waals surface area contributed by atoms with Crippen LogP contribution in [-0.2, 0) is 7.05 Å². The van der Waals surface area contributed by atoms with Gasteiger partial charge in [0, 0.05) is 18.3 Å². The van der Waals surface area contributed by atoms with Crippen molar-refractivity contribution in [1.82, 2.24) is 9.78 Å². The molecule has 0 fully saturated rings. The molecule has 7 heteroatoms. The zero-order valence-electron chi connectivity index (χ0n) is 11.2. The van der Waals surface area contributed by atoms with Crippen LogP contribution in [0.25, 0.3) is 0 Å². The second kappa shape index (κ2) is 5.43. The molecule has 0 radical (unpaired) electrons. The minimum atomic E-state index is -0.273. The van der Waals surface area contributed by atoms with E-state index in [4.69, 9.17) is 10.9 Å². The van der Waals surface area contributed by atoms with Gasteiger partial charge in [0.1, 0.15) is 5.69 Å². The molecule has 104 valence electrons. The molecule has 1 aromatic carbocycles. The molecular formula is C13H15N5O2. The van der Waals surface area contributed by atoms with E-state index in [0.717, 1.165) is 5.69 Å². The molecule has 0 spiro atoms. The first kappa shape index (κ1) is 13.6. The summed E-state index contributed by atoms with van der Waals surface area (Å²) in [5.74, 6) is -0.290. The SMILES string of the molecule is Cc1cc(C(=O)Nc2cccc(C(N)=NO)c2)n(C)n1. The zero-order valence-corrected chi connectivity index (χ0v) is 11.2. The molecule has 2 rings (SSSR count). The Balaban J connectivity index is 2.22. The Kier molecular flexibility index (Phi) is 3.69. The summed E-state index contributed by atoms with van der Waals surface area (Å²) in [5, 5.41) is 18.4. The fourth-order valence-corrected chi connectivity index (χ4v) is 1.83. The molecule has 0 saturated heterocycles. The van der Waals surface area contributed by atoms with Crippen LogP contribution < -0.4 is 11.1 Å². The highest BCUT2D eigenvalue weighted by molar-refractivity contribution is 6.04. The number of carbonyl (C=O) groups is 1. The summed E-state index contributed by atoms with van der Waals surface area (Å²) < 4.78 is 1.51. The van der Waals surface area contributed by atoms with Gasteiger partial charge in [-0.2, -0.15) is 5.10 Å². The number of rotatable bonds is 3. The lowest BCUT2D eigenvalue weighted by atomic mass is 10.2. The van der Waals surface area contributed by atoms with Gasteiger partial charge in [0.05, 0.1) is 5.69 Å². The van der Waals surface area contributed by atoms with E-state index in [2.05, 4.69) is 15.6 Å². The molecule has 7 nitrogen and oxygen atoms in total. The van der Waals surface area contributed by atoms with Crippen molar-refractivity contribution in [2.75, 3.05) is 5.32 Å². The van der Waals surface area contributed by atoms with Crippen LogP contribution >= 0.6 is 0 Å². The first-order valence-corrected chi connectivity index (χ1v) is 5.91. The first-order chi connectivity index (χ1) is 9.51. The van der Waals surface area contributed by atoms with Crippen molar-refractivity contribution in [3.63, 3.8) is 0 Å². The topological polar surface area (TPSA) is 106 Å². The number of carbonyl (C=O) groups excluding carboxylic acids is 1. The van der Waals surface area contributed by atoms with Crippen LogP contribution in [0.15, 0.2) is 35.5 Å². The lowest BCUT2D eigenvalue weighted by molar-refractivity contribution is 0.101. The third kappa shape index (κ3) is 2.77. The Hall–Kier alpha value is -2.83. The maximum absolute atomic E-state index is 12.1. The number of amidine groups is 1. The average molecular weight is 273 g/mol. The maximum atomic E-state index is 12.1. The number of amides is 1. The standard InChI is InChI=1S/C13H15N5O2/c1-8-6-11(18(2)16-8)13(19)15-10-5-3-4-9(7-10)12(14)17-20/h3-7,20H,1-2H3,(H2,14,17)(H,15,19). The third-order valence-electron chi connectivity index (χ3n) is 2.76. The Morgan fingerprint density at radius 2 is 2.20 bits per heavy atom. The molecule has 0 atom stereocenters. The Bertz CT molecular complexity index is 675. The fraction of sp³-hybridized carbons (Fsp3) is 0.154. The molecule has 0 saturated carbocycles.